The molecule has 0 atom stereocenters. The van der Waals surface area contributed by atoms with Gasteiger partial charge in [-0.3, -0.25) is 19.3 Å². The summed E-state index contributed by atoms with van der Waals surface area (Å²) < 4.78 is 5.20. The maximum absolute atomic E-state index is 12.4. The molecule has 2 amide bonds. The predicted octanol–water partition coefficient (Wildman–Crippen LogP) is 1.97. The molecule has 0 aromatic heterocycles. The van der Waals surface area contributed by atoms with E-state index in [1.165, 1.54) is 7.11 Å². The average Bonchev–Trinajstić information content (AvgIpc) is 2.60. The number of Topliss-reactive ketones (excluding diaryl/α,β-unsaturated/α-hetero) is 1. The van der Waals surface area contributed by atoms with E-state index >= 15 is 0 Å². The molecule has 1 aliphatic rings. The molecule has 1 aromatic rings. The molecule has 0 unspecified atom stereocenters. The zero-order valence-corrected chi connectivity index (χ0v) is 12.7. The van der Waals surface area contributed by atoms with Gasteiger partial charge in [0.1, 0.15) is 5.75 Å². The third kappa shape index (κ3) is 2.82. The van der Waals surface area contributed by atoms with Crippen LogP contribution in [0.3, 0.4) is 0 Å². The highest BCUT2D eigenvalue weighted by Gasteiger charge is 2.45. The summed E-state index contributed by atoms with van der Waals surface area (Å²) in [5, 5.41) is 0. The van der Waals surface area contributed by atoms with Gasteiger partial charge in [0.2, 0.25) is 11.8 Å². The minimum atomic E-state index is -0.727. The number of ether oxygens (including phenoxy) is 1. The van der Waals surface area contributed by atoms with Gasteiger partial charge in [-0.1, -0.05) is 19.9 Å². The number of hydrogen-bond acceptors (Lipinski definition) is 4. The van der Waals surface area contributed by atoms with Gasteiger partial charge < -0.3 is 4.74 Å². The first-order valence-corrected chi connectivity index (χ1v) is 6.79. The Kier molecular flexibility index (Phi) is 3.85. The summed E-state index contributed by atoms with van der Waals surface area (Å²) in [4.78, 5) is 37.4. The van der Waals surface area contributed by atoms with E-state index in [9.17, 15) is 14.4 Å². The minimum Gasteiger partial charge on any atom is -0.496 e. The van der Waals surface area contributed by atoms with Crippen LogP contribution >= 0.6 is 0 Å². The third-order valence-corrected chi connectivity index (χ3v) is 3.68. The zero-order valence-electron chi connectivity index (χ0n) is 12.7. The fourth-order valence-corrected chi connectivity index (χ4v) is 2.45. The van der Waals surface area contributed by atoms with Crippen molar-refractivity contribution in [3.63, 3.8) is 0 Å². The SMILES string of the molecule is COc1cc(C)ccc1C(=O)CN1C(=O)CC(C)(C)C1=O. The number of nitrogens with zero attached hydrogens (tertiary/aromatic N) is 1. The fourth-order valence-electron chi connectivity index (χ4n) is 2.45. The van der Waals surface area contributed by atoms with E-state index in [-0.39, 0.29) is 30.6 Å². The summed E-state index contributed by atoms with van der Waals surface area (Å²) in [6.07, 6.45) is 0.143. The lowest BCUT2D eigenvalue weighted by Gasteiger charge is -2.17. The van der Waals surface area contributed by atoms with Gasteiger partial charge in [-0.25, -0.2) is 0 Å². The zero-order chi connectivity index (χ0) is 15.8. The first-order valence-electron chi connectivity index (χ1n) is 6.79. The van der Waals surface area contributed by atoms with Crippen molar-refractivity contribution in [2.45, 2.75) is 27.2 Å². The van der Waals surface area contributed by atoms with Crippen LogP contribution in [0.5, 0.6) is 5.75 Å². The van der Waals surface area contributed by atoms with Gasteiger partial charge in [0.05, 0.1) is 24.6 Å². The molecule has 0 bridgehead atoms. The van der Waals surface area contributed by atoms with Crippen LogP contribution in [0.1, 0.15) is 36.2 Å². The summed E-state index contributed by atoms with van der Waals surface area (Å²) in [7, 11) is 1.49. The molecule has 0 N–H and O–H groups in total. The van der Waals surface area contributed by atoms with E-state index in [0.29, 0.717) is 11.3 Å². The molecule has 1 fully saturated rings. The number of carbonyl (C=O) groups excluding carboxylic acids is 3. The largest absolute Gasteiger partial charge is 0.496 e. The quantitative estimate of drug-likeness (QED) is 0.628. The third-order valence-electron chi connectivity index (χ3n) is 3.68. The van der Waals surface area contributed by atoms with Gasteiger partial charge in [-0.2, -0.15) is 0 Å². The molecular weight excluding hydrogens is 270 g/mol. The van der Waals surface area contributed by atoms with E-state index in [1.54, 1.807) is 32.0 Å². The topological polar surface area (TPSA) is 63.7 Å². The van der Waals surface area contributed by atoms with Gasteiger partial charge in [-0.05, 0) is 24.6 Å². The Balaban J connectivity index is 2.23. The fraction of sp³-hybridized carbons (Fsp3) is 0.438. The Morgan fingerprint density at radius 1 is 1.33 bits per heavy atom. The molecule has 112 valence electrons. The highest BCUT2D eigenvalue weighted by atomic mass is 16.5. The van der Waals surface area contributed by atoms with Crippen LogP contribution in [-0.2, 0) is 9.59 Å². The maximum Gasteiger partial charge on any atom is 0.235 e. The van der Waals surface area contributed by atoms with Gasteiger partial charge in [0.15, 0.2) is 5.78 Å². The van der Waals surface area contributed by atoms with Crippen molar-refractivity contribution in [1.82, 2.24) is 4.90 Å². The van der Waals surface area contributed by atoms with Crippen molar-refractivity contribution < 1.29 is 19.1 Å². The van der Waals surface area contributed by atoms with Crippen LogP contribution < -0.4 is 4.74 Å². The summed E-state index contributed by atoms with van der Waals surface area (Å²) in [6.45, 7) is 5.08. The van der Waals surface area contributed by atoms with Crippen molar-refractivity contribution in [2.75, 3.05) is 13.7 Å². The smallest absolute Gasteiger partial charge is 0.235 e. The second-order valence-electron chi connectivity index (χ2n) is 5.97. The number of benzene rings is 1. The van der Waals surface area contributed by atoms with Gasteiger partial charge in [-0.15, -0.1) is 0 Å². The lowest BCUT2D eigenvalue weighted by Crippen LogP contribution is -2.37. The summed E-state index contributed by atoms with van der Waals surface area (Å²) >= 11 is 0. The Morgan fingerprint density at radius 3 is 2.52 bits per heavy atom. The Hall–Kier alpha value is -2.17. The van der Waals surface area contributed by atoms with Crippen LogP contribution in [0.15, 0.2) is 18.2 Å². The average molecular weight is 289 g/mol. The molecule has 1 aromatic carbocycles. The van der Waals surface area contributed by atoms with Crippen LogP contribution in [0.2, 0.25) is 0 Å². The molecule has 2 rings (SSSR count). The van der Waals surface area contributed by atoms with Crippen LogP contribution in [0.25, 0.3) is 0 Å². The Morgan fingerprint density at radius 2 is 2.00 bits per heavy atom. The normalized spacial score (nSPS) is 17.2. The monoisotopic (exact) mass is 289 g/mol. The molecule has 0 aliphatic carbocycles. The number of hydrogen-bond donors (Lipinski definition) is 0. The van der Waals surface area contributed by atoms with Crippen molar-refractivity contribution in [3.05, 3.63) is 29.3 Å². The Labute approximate surface area is 123 Å². The standard InChI is InChI=1S/C16H19NO4/c1-10-5-6-11(13(7-10)21-4)12(18)9-17-14(19)8-16(2,3)15(17)20/h5-7H,8-9H2,1-4H3. The lowest BCUT2D eigenvalue weighted by atomic mass is 9.92. The van der Waals surface area contributed by atoms with E-state index < -0.39 is 5.41 Å². The second-order valence-corrected chi connectivity index (χ2v) is 5.97. The first-order chi connectivity index (χ1) is 9.76. The van der Waals surface area contributed by atoms with E-state index in [4.69, 9.17) is 4.74 Å². The number of ketones is 1. The summed E-state index contributed by atoms with van der Waals surface area (Å²) in [6, 6.07) is 5.21. The molecule has 0 spiro atoms. The molecule has 1 saturated heterocycles. The second kappa shape index (κ2) is 5.31. The number of carbonyl (C=O) groups is 3. The summed E-state index contributed by atoms with van der Waals surface area (Å²) in [5.74, 6) is -0.444. The molecule has 5 heteroatoms. The number of methoxy groups -OCH3 is 1. The van der Waals surface area contributed by atoms with Crippen LogP contribution in [0.4, 0.5) is 0 Å². The van der Waals surface area contributed by atoms with Crippen LogP contribution in [0, 0.1) is 12.3 Å². The van der Waals surface area contributed by atoms with E-state index in [1.807, 2.05) is 6.92 Å². The molecule has 0 radical (unpaired) electrons. The first kappa shape index (κ1) is 15.2. The van der Waals surface area contributed by atoms with Crippen LogP contribution in [-0.4, -0.2) is 36.2 Å². The van der Waals surface area contributed by atoms with Crippen molar-refractivity contribution in [2.24, 2.45) is 5.41 Å². The number of imide groups is 1. The van der Waals surface area contributed by atoms with Crippen molar-refractivity contribution in [1.29, 1.82) is 0 Å². The van der Waals surface area contributed by atoms with Crippen molar-refractivity contribution in [3.8, 4) is 5.75 Å². The molecule has 5 nitrogen and oxygen atoms in total. The molecule has 1 aliphatic heterocycles. The number of likely N-dealkylation sites (tertiary alicyclic amines) is 1. The van der Waals surface area contributed by atoms with Crippen molar-refractivity contribution >= 4 is 17.6 Å². The number of amides is 2. The summed E-state index contributed by atoms with van der Waals surface area (Å²) in [5.41, 5.74) is 0.626. The minimum absolute atomic E-state index is 0.143. The molecule has 0 saturated carbocycles. The van der Waals surface area contributed by atoms with E-state index in [0.717, 1.165) is 10.5 Å². The Bertz CT molecular complexity index is 619. The highest BCUT2D eigenvalue weighted by molar-refractivity contribution is 6.10. The molecule has 1 heterocycles. The number of aryl methyl sites for hydroxylation is 1. The number of rotatable bonds is 4. The van der Waals surface area contributed by atoms with Gasteiger partial charge in [0.25, 0.3) is 0 Å². The van der Waals surface area contributed by atoms with Gasteiger partial charge >= 0.3 is 0 Å². The molecule has 21 heavy (non-hydrogen) atoms. The lowest BCUT2D eigenvalue weighted by molar-refractivity contribution is -0.140. The maximum atomic E-state index is 12.4. The van der Waals surface area contributed by atoms with E-state index in [2.05, 4.69) is 0 Å². The predicted molar refractivity (Wildman–Crippen MR) is 77.2 cm³/mol. The highest BCUT2D eigenvalue weighted by Crippen LogP contribution is 2.32. The molecular formula is C16H19NO4. The van der Waals surface area contributed by atoms with Gasteiger partial charge in [0, 0.05) is 6.42 Å².